The van der Waals surface area contributed by atoms with Gasteiger partial charge in [-0.2, -0.15) is 0 Å². The standard InChI is InChI=1S/C48H94NO8P/c1-6-8-10-12-14-16-18-20-22-24-26-28-30-32-34-36-38-40-47(50)54-44-46(45-56-58(52,53)55-43-42-49(3,4)5)57-48(51)41-39-37-35-33-31-29-27-25-23-21-19-17-15-13-11-9-7-2/h21,23,46H,6-20,22,24-45H2,1-5H3/p+1/b23-21-. The maximum absolute atomic E-state index is 12.7. The van der Waals surface area contributed by atoms with E-state index in [1.54, 1.807) is 0 Å². The van der Waals surface area contributed by atoms with Crippen LogP contribution >= 0.6 is 7.82 Å². The molecule has 10 heteroatoms. The van der Waals surface area contributed by atoms with Crippen LogP contribution in [0, 0.1) is 0 Å². The minimum absolute atomic E-state index is 0.0342. The number of rotatable bonds is 45. The Morgan fingerprint density at radius 2 is 0.879 bits per heavy atom. The smallest absolute Gasteiger partial charge is 0.462 e. The summed E-state index contributed by atoms with van der Waals surface area (Å²) in [6, 6.07) is 0. The van der Waals surface area contributed by atoms with Crippen molar-refractivity contribution in [2.24, 2.45) is 0 Å². The third-order valence-corrected chi connectivity index (χ3v) is 11.8. The van der Waals surface area contributed by atoms with E-state index in [2.05, 4.69) is 26.0 Å². The summed E-state index contributed by atoms with van der Waals surface area (Å²) in [5.41, 5.74) is 0. The Balaban J connectivity index is 4.27. The molecule has 2 atom stereocenters. The number of likely N-dealkylation sites (N-methyl/N-ethyl adjacent to an activating group) is 1. The van der Waals surface area contributed by atoms with Gasteiger partial charge in [-0.05, 0) is 38.5 Å². The van der Waals surface area contributed by atoms with Gasteiger partial charge in [-0.3, -0.25) is 18.6 Å². The van der Waals surface area contributed by atoms with Gasteiger partial charge < -0.3 is 18.9 Å². The molecule has 9 nitrogen and oxygen atoms in total. The number of unbranched alkanes of at least 4 members (excludes halogenated alkanes) is 29. The van der Waals surface area contributed by atoms with E-state index in [0.29, 0.717) is 23.9 Å². The molecule has 0 radical (unpaired) electrons. The maximum atomic E-state index is 12.7. The van der Waals surface area contributed by atoms with Crippen molar-refractivity contribution in [3.8, 4) is 0 Å². The monoisotopic (exact) mass is 845 g/mol. The highest BCUT2D eigenvalue weighted by molar-refractivity contribution is 7.47. The lowest BCUT2D eigenvalue weighted by Crippen LogP contribution is -2.37. The summed E-state index contributed by atoms with van der Waals surface area (Å²) in [6.07, 6.45) is 43.9. The number of hydrogen-bond acceptors (Lipinski definition) is 7. The van der Waals surface area contributed by atoms with Crippen LogP contribution in [0.25, 0.3) is 0 Å². The normalized spacial score (nSPS) is 13.6. The van der Waals surface area contributed by atoms with Crippen LogP contribution < -0.4 is 0 Å². The number of ether oxygens (including phenoxy) is 2. The minimum Gasteiger partial charge on any atom is -0.462 e. The zero-order chi connectivity index (χ0) is 42.8. The summed E-state index contributed by atoms with van der Waals surface area (Å²) in [5.74, 6) is -0.790. The third kappa shape index (κ3) is 44.3. The molecule has 0 bridgehead atoms. The number of quaternary nitrogens is 1. The van der Waals surface area contributed by atoms with Gasteiger partial charge in [0.25, 0.3) is 0 Å². The molecule has 0 saturated carbocycles. The number of phosphoric acid groups is 1. The number of carbonyl (C=O) groups is 2. The predicted octanol–water partition coefficient (Wildman–Crippen LogP) is 14.1. The van der Waals surface area contributed by atoms with Gasteiger partial charge in [-0.25, -0.2) is 4.57 Å². The lowest BCUT2D eigenvalue weighted by Gasteiger charge is -2.24. The van der Waals surface area contributed by atoms with Crippen molar-refractivity contribution in [3.05, 3.63) is 12.2 Å². The second kappa shape index (κ2) is 41.1. The van der Waals surface area contributed by atoms with Crippen LogP contribution in [0.15, 0.2) is 12.2 Å². The molecule has 0 aromatic rings. The van der Waals surface area contributed by atoms with E-state index in [9.17, 15) is 19.0 Å². The molecule has 0 spiro atoms. The average molecular weight is 845 g/mol. The molecule has 0 aromatic heterocycles. The van der Waals surface area contributed by atoms with Crippen LogP contribution in [-0.4, -0.2) is 74.9 Å². The SMILES string of the molecule is CCCCCCCC/C=C\CCCCCCCCCC(=O)OC(COC(=O)CCCCCCCCCCCCCCCCCCC)COP(=O)(O)OCC[N+](C)(C)C. The topological polar surface area (TPSA) is 108 Å². The van der Waals surface area contributed by atoms with Crippen LogP contribution in [0.3, 0.4) is 0 Å². The minimum atomic E-state index is -4.37. The highest BCUT2D eigenvalue weighted by Gasteiger charge is 2.27. The molecule has 58 heavy (non-hydrogen) atoms. The molecular formula is C48H95NO8P+. The molecule has 0 fully saturated rings. The number of hydrogen-bond donors (Lipinski definition) is 1. The summed E-state index contributed by atoms with van der Waals surface area (Å²) in [5, 5.41) is 0. The quantitative estimate of drug-likeness (QED) is 0.0212. The number of carbonyl (C=O) groups excluding carboxylic acids is 2. The summed E-state index contributed by atoms with van der Waals surface area (Å²) in [4.78, 5) is 35.5. The summed E-state index contributed by atoms with van der Waals surface area (Å²) >= 11 is 0. The van der Waals surface area contributed by atoms with Crippen molar-refractivity contribution in [1.82, 2.24) is 0 Å². The van der Waals surface area contributed by atoms with Gasteiger partial charge in [0, 0.05) is 12.8 Å². The average Bonchev–Trinajstić information content (AvgIpc) is 3.17. The van der Waals surface area contributed by atoms with Gasteiger partial charge >= 0.3 is 19.8 Å². The molecule has 0 aliphatic carbocycles. The molecule has 0 amide bonds. The molecular weight excluding hydrogens is 750 g/mol. The first kappa shape index (κ1) is 56.8. The highest BCUT2D eigenvalue weighted by atomic mass is 31.2. The van der Waals surface area contributed by atoms with E-state index in [0.717, 1.165) is 44.9 Å². The summed E-state index contributed by atoms with van der Waals surface area (Å²) < 4.78 is 34.4. The Hall–Kier alpha value is -1.25. The molecule has 344 valence electrons. The first-order valence-electron chi connectivity index (χ1n) is 24.4. The van der Waals surface area contributed by atoms with E-state index in [1.165, 1.54) is 154 Å². The molecule has 0 rings (SSSR count). The van der Waals surface area contributed by atoms with E-state index >= 15 is 0 Å². The van der Waals surface area contributed by atoms with Gasteiger partial charge in [0.15, 0.2) is 6.10 Å². The lowest BCUT2D eigenvalue weighted by atomic mass is 10.0. The van der Waals surface area contributed by atoms with Crippen LogP contribution in [0.2, 0.25) is 0 Å². The van der Waals surface area contributed by atoms with Crippen LogP contribution in [0.5, 0.6) is 0 Å². The Morgan fingerprint density at radius 3 is 1.28 bits per heavy atom. The van der Waals surface area contributed by atoms with Gasteiger partial charge in [0.1, 0.15) is 19.8 Å². The first-order valence-corrected chi connectivity index (χ1v) is 25.9. The van der Waals surface area contributed by atoms with Gasteiger partial charge in [0.2, 0.25) is 0 Å². The van der Waals surface area contributed by atoms with Crippen molar-refractivity contribution in [3.63, 3.8) is 0 Å². The zero-order valence-electron chi connectivity index (χ0n) is 38.8. The number of allylic oxidation sites excluding steroid dienone is 2. The number of nitrogens with zero attached hydrogens (tertiary/aromatic N) is 1. The van der Waals surface area contributed by atoms with Crippen molar-refractivity contribution in [2.45, 2.75) is 238 Å². The summed E-state index contributed by atoms with van der Waals surface area (Å²) in [7, 11) is 1.49. The fraction of sp³-hybridized carbons (Fsp3) is 0.917. The second-order valence-electron chi connectivity index (χ2n) is 17.9. The summed E-state index contributed by atoms with van der Waals surface area (Å²) in [6.45, 7) is 4.45. The van der Waals surface area contributed by atoms with E-state index in [1.807, 2.05) is 21.1 Å². The second-order valence-corrected chi connectivity index (χ2v) is 19.3. The van der Waals surface area contributed by atoms with Crippen molar-refractivity contribution in [2.75, 3.05) is 47.5 Å². The molecule has 0 aromatic carbocycles. The van der Waals surface area contributed by atoms with Gasteiger partial charge in [0.05, 0.1) is 27.7 Å². The van der Waals surface area contributed by atoms with Crippen molar-refractivity contribution in [1.29, 1.82) is 0 Å². The largest absolute Gasteiger partial charge is 0.472 e. The highest BCUT2D eigenvalue weighted by Crippen LogP contribution is 2.43. The third-order valence-electron chi connectivity index (χ3n) is 10.8. The van der Waals surface area contributed by atoms with Crippen LogP contribution in [0.4, 0.5) is 0 Å². The number of esters is 2. The molecule has 1 N–H and O–H groups in total. The Labute approximate surface area is 358 Å². The Kier molecular flexibility index (Phi) is 40.2. The Morgan fingerprint density at radius 1 is 0.517 bits per heavy atom. The molecule has 0 saturated heterocycles. The fourth-order valence-electron chi connectivity index (χ4n) is 6.95. The number of phosphoric ester groups is 1. The molecule has 0 aliphatic rings. The van der Waals surface area contributed by atoms with Crippen LogP contribution in [0.1, 0.15) is 232 Å². The maximum Gasteiger partial charge on any atom is 0.472 e. The molecule has 0 heterocycles. The zero-order valence-corrected chi connectivity index (χ0v) is 39.7. The van der Waals surface area contributed by atoms with Gasteiger partial charge in [-0.1, -0.05) is 193 Å². The van der Waals surface area contributed by atoms with E-state index < -0.39 is 26.5 Å². The fourth-order valence-corrected chi connectivity index (χ4v) is 7.69. The van der Waals surface area contributed by atoms with E-state index in [-0.39, 0.29) is 25.6 Å². The molecule has 0 aliphatic heterocycles. The van der Waals surface area contributed by atoms with Crippen molar-refractivity contribution >= 4 is 19.8 Å². The van der Waals surface area contributed by atoms with Crippen molar-refractivity contribution < 1.29 is 42.1 Å². The van der Waals surface area contributed by atoms with Crippen LogP contribution in [-0.2, 0) is 32.7 Å². The lowest BCUT2D eigenvalue weighted by molar-refractivity contribution is -0.870. The van der Waals surface area contributed by atoms with Gasteiger partial charge in [-0.15, -0.1) is 0 Å². The first-order chi connectivity index (χ1) is 28.0. The van der Waals surface area contributed by atoms with E-state index in [4.69, 9.17) is 18.5 Å². The Bertz CT molecular complexity index is 1000. The molecule has 2 unspecified atom stereocenters. The predicted molar refractivity (Wildman–Crippen MR) is 243 cm³/mol.